The number of hydrogen-bond acceptors (Lipinski definition) is 4. The van der Waals surface area contributed by atoms with E-state index in [2.05, 4.69) is 10.6 Å². The molecule has 19 heavy (non-hydrogen) atoms. The fourth-order valence-corrected chi connectivity index (χ4v) is 2.04. The van der Waals surface area contributed by atoms with Crippen molar-refractivity contribution in [3.63, 3.8) is 0 Å². The third-order valence-corrected chi connectivity index (χ3v) is 3.07. The van der Waals surface area contributed by atoms with E-state index >= 15 is 0 Å². The molecule has 1 amide bonds. The number of amides is 1. The molecule has 2 rings (SSSR count). The first-order valence-electron chi connectivity index (χ1n) is 6.53. The van der Waals surface area contributed by atoms with Gasteiger partial charge in [0.15, 0.2) is 0 Å². The Morgan fingerprint density at radius 2 is 2.42 bits per heavy atom. The molecule has 1 heterocycles. The maximum Gasteiger partial charge on any atom is 0.238 e. The minimum Gasteiger partial charge on any atom is -0.497 e. The number of methoxy groups -OCH3 is 1. The van der Waals surface area contributed by atoms with Crippen molar-refractivity contribution < 1.29 is 14.3 Å². The first-order chi connectivity index (χ1) is 9.28. The van der Waals surface area contributed by atoms with Crippen LogP contribution in [0.4, 0.5) is 5.69 Å². The molecule has 1 unspecified atom stereocenters. The van der Waals surface area contributed by atoms with Gasteiger partial charge in [-0.15, -0.1) is 0 Å². The highest BCUT2D eigenvalue weighted by atomic mass is 16.5. The molecule has 1 fully saturated rings. The van der Waals surface area contributed by atoms with Gasteiger partial charge >= 0.3 is 0 Å². The van der Waals surface area contributed by atoms with Crippen LogP contribution in [0.15, 0.2) is 24.3 Å². The first kappa shape index (κ1) is 13.8. The summed E-state index contributed by atoms with van der Waals surface area (Å²) < 4.78 is 10.5. The Bertz CT molecular complexity index is 417. The first-order valence-corrected chi connectivity index (χ1v) is 6.53. The smallest absolute Gasteiger partial charge is 0.238 e. The lowest BCUT2D eigenvalue weighted by Crippen LogP contribution is -2.41. The van der Waals surface area contributed by atoms with Crippen LogP contribution >= 0.6 is 0 Å². The third kappa shape index (κ3) is 4.54. The molecule has 1 atom stereocenters. The predicted octanol–water partition coefficient (Wildman–Crippen LogP) is 1.40. The number of hydrogen-bond donors (Lipinski definition) is 2. The molecule has 1 aromatic rings. The number of benzene rings is 1. The van der Waals surface area contributed by atoms with Gasteiger partial charge in [0.2, 0.25) is 5.91 Å². The summed E-state index contributed by atoms with van der Waals surface area (Å²) in [6.07, 6.45) is 2.11. The van der Waals surface area contributed by atoms with Crippen molar-refractivity contribution in [2.45, 2.75) is 18.9 Å². The molecular weight excluding hydrogens is 244 g/mol. The van der Waals surface area contributed by atoms with Gasteiger partial charge in [-0.25, -0.2) is 0 Å². The maximum atomic E-state index is 11.8. The van der Waals surface area contributed by atoms with E-state index in [1.807, 2.05) is 18.2 Å². The van der Waals surface area contributed by atoms with E-state index in [1.165, 1.54) is 0 Å². The normalized spacial score (nSPS) is 18.9. The molecule has 1 saturated heterocycles. The van der Waals surface area contributed by atoms with E-state index in [-0.39, 0.29) is 11.9 Å². The molecule has 1 aromatic carbocycles. The molecular formula is C14H20N2O3. The van der Waals surface area contributed by atoms with Gasteiger partial charge in [-0.2, -0.15) is 0 Å². The van der Waals surface area contributed by atoms with Gasteiger partial charge in [0.1, 0.15) is 5.75 Å². The molecule has 1 aliphatic heterocycles. The van der Waals surface area contributed by atoms with Crippen LogP contribution in [0.25, 0.3) is 0 Å². The lowest BCUT2D eigenvalue weighted by Gasteiger charge is -2.22. The highest BCUT2D eigenvalue weighted by Gasteiger charge is 2.14. The quantitative estimate of drug-likeness (QED) is 0.844. The molecule has 5 heteroatoms. The number of ether oxygens (including phenoxy) is 2. The standard InChI is InChI=1S/C14H20N2O3/c1-18-13-6-2-4-11(8-13)16-14(17)9-15-12-5-3-7-19-10-12/h2,4,6,8,12,15H,3,5,7,9-10H2,1H3,(H,16,17). The van der Waals surface area contributed by atoms with Gasteiger partial charge in [-0.1, -0.05) is 6.07 Å². The van der Waals surface area contributed by atoms with Crippen molar-refractivity contribution in [1.82, 2.24) is 5.32 Å². The van der Waals surface area contributed by atoms with Crippen LogP contribution in [0.5, 0.6) is 5.75 Å². The number of anilines is 1. The maximum absolute atomic E-state index is 11.8. The number of carbonyl (C=O) groups excluding carboxylic acids is 1. The molecule has 1 aliphatic rings. The Kier molecular flexibility index (Phi) is 5.18. The Hall–Kier alpha value is -1.59. The molecule has 0 spiro atoms. The van der Waals surface area contributed by atoms with Crippen LogP contribution in [0.3, 0.4) is 0 Å². The van der Waals surface area contributed by atoms with E-state index in [0.29, 0.717) is 13.2 Å². The number of nitrogens with one attached hydrogen (secondary N) is 2. The lowest BCUT2D eigenvalue weighted by molar-refractivity contribution is -0.115. The van der Waals surface area contributed by atoms with E-state index in [4.69, 9.17) is 9.47 Å². The summed E-state index contributed by atoms with van der Waals surface area (Å²) in [5.74, 6) is 0.672. The summed E-state index contributed by atoms with van der Waals surface area (Å²) in [7, 11) is 1.60. The highest BCUT2D eigenvalue weighted by Crippen LogP contribution is 2.16. The Labute approximate surface area is 113 Å². The molecule has 2 N–H and O–H groups in total. The van der Waals surface area contributed by atoms with Gasteiger partial charge in [0.25, 0.3) is 0 Å². The van der Waals surface area contributed by atoms with Crippen molar-refractivity contribution in [2.75, 3.05) is 32.2 Å². The monoisotopic (exact) mass is 264 g/mol. The zero-order valence-corrected chi connectivity index (χ0v) is 11.1. The van der Waals surface area contributed by atoms with Gasteiger partial charge < -0.3 is 20.1 Å². The zero-order valence-electron chi connectivity index (χ0n) is 11.1. The van der Waals surface area contributed by atoms with Crippen molar-refractivity contribution in [3.8, 4) is 5.75 Å². The minimum atomic E-state index is -0.0566. The second kappa shape index (κ2) is 7.11. The van der Waals surface area contributed by atoms with Crippen molar-refractivity contribution >= 4 is 11.6 Å². The number of carbonyl (C=O) groups is 1. The fraction of sp³-hybridized carbons (Fsp3) is 0.500. The van der Waals surface area contributed by atoms with Crippen LogP contribution in [0, 0.1) is 0 Å². The van der Waals surface area contributed by atoms with Crippen LogP contribution in [-0.4, -0.2) is 38.8 Å². The average molecular weight is 264 g/mol. The summed E-state index contributed by atoms with van der Waals surface area (Å²) in [4.78, 5) is 11.8. The molecule has 104 valence electrons. The second-order valence-corrected chi connectivity index (χ2v) is 4.58. The Morgan fingerprint density at radius 1 is 1.53 bits per heavy atom. The van der Waals surface area contributed by atoms with Crippen LogP contribution in [0.2, 0.25) is 0 Å². The van der Waals surface area contributed by atoms with Crippen molar-refractivity contribution in [2.24, 2.45) is 0 Å². The van der Waals surface area contributed by atoms with Crippen LogP contribution < -0.4 is 15.4 Å². The second-order valence-electron chi connectivity index (χ2n) is 4.58. The third-order valence-electron chi connectivity index (χ3n) is 3.07. The van der Waals surface area contributed by atoms with E-state index in [9.17, 15) is 4.79 Å². The average Bonchev–Trinajstić information content (AvgIpc) is 2.46. The van der Waals surface area contributed by atoms with Gasteiger partial charge in [-0.05, 0) is 25.0 Å². The van der Waals surface area contributed by atoms with Gasteiger partial charge in [0.05, 0.1) is 20.3 Å². The fourth-order valence-electron chi connectivity index (χ4n) is 2.04. The summed E-state index contributed by atoms with van der Waals surface area (Å²) >= 11 is 0. The zero-order chi connectivity index (χ0) is 13.5. The predicted molar refractivity (Wildman–Crippen MR) is 73.5 cm³/mol. The lowest BCUT2D eigenvalue weighted by atomic mass is 10.1. The molecule has 0 bridgehead atoms. The summed E-state index contributed by atoms with van der Waals surface area (Å²) in [5, 5.41) is 6.04. The van der Waals surface area contributed by atoms with Gasteiger partial charge in [-0.3, -0.25) is 4.79 Å². The topological polar surface area (TPSA) is 59.6 Å². The van der Waals surface area contributed by atoms with Crippen LogP contribution in [0.1, 0.15) is 12.8 Å². The Morgan fingerprint density at radius 3 is 3.16 bits per heavy atom. The van der Waals surface area contributed by atoms with Crippen LogP contribution in [-0.2, 0) is 9.53 Å². The summed E-state index contributed by atoms with van der Waals surface area (Å²) in [5.41, 5.74) is 0.742. The summed E-state index contributed by atoms with van der Waals surface area (Å²) in [6.45, 7) is 1.81. The van der Waals surface area contributed by atoms with E-state index in [0.717, 1.165) is 30.9 Å². The van der Waals surface area contributed by atoms with Crippen molar-refractivity contribution in [1.29, 1.82) is 0 Å². The Balaban J connectivity index is 1.76. The minimum absolute atomic E-state index is 0.0566. The highest BCUT2D eigenvalue weighted by molar-refractivity contribution is 5.92. The molecule has 0 saturated carbocycles. The SMILES string of the molecule is COc1cccc(NC(=O)CNC2CCCOC2)c1. The molecule has 5 nitrogen and oxygen atoms in total. The molecule has 0 aromatic heterocycles. The van der Waals surface area contributed by atoms with Crippen molar-refractivity contribution in [3.05, 3.63) is 24.3 Å². The molecule has 0 radical (unpaired) electrons. The van der Waals surface area contributed by atoms with Gasteiger partial charge in [0, 0.05) is 24.4 Å². The summed E-state index contributed by atoms with van der Waals surface area (Å²) in [6, 6.07) is 7.60. The van der Waals surface area contributed by atoms with E-state index < -0.39 is 0 Å². The van der Waals surface area contributed by atoms with E-state index in [1.54, 1.807) is 13.2 Å². The number of rotatable bonds is 5. The molecule has 0 aliphatic carbocycles. The largest absolute Gasteiger partial charge is 0.497 e.